The SMILES string of the molecule is COCC[C@H]1CCCCN1C(=O)c1cccc(OC2CCN(S(C)(=O)=O)CC2)c1. The van der Waals surface area contributed by atoms with Crippen LogP contribution in [0, 0.1) is 0 Å². The van der Waals surface area contributed by atoms with Gasteiger partial charge in [-0.1, -0.05) is 6.07 Å². The molecule has 3 rings (SSSR count). The number of sulfonamides is 1. The molecular weight excluding hydrogens is 392 g/mol. The Morgan fingerprint density at radius 2 is 1.90 bits per heavy atom. The summed E-state index contributed by atoms with van der Waals surface area (Å²) in [6, 6.07) is 7.58. The lowest BCUT2D eigenvalue weighted by molar-refractivity contribution is 0.0552. The van der Waals surface area contributed by atoms with Crippen LogP contribution in [0.15, 0.2) is 24.3 Å². The second-order valence-electron chi connectivity index (χ2n) is 7.94. The second kappa shape index (κ2) is 9.91. The molecule has 2 saturated heterocycles. The van der Waals surface area contributed by atoms with Crippen molar-refractivity contribution < 1.29 is 22.7 Å². The van der Waals surface area contributed by atoms with Crippen LogP contribution in [0.25, 0.3) is 0 Å². The molecule has 8 heteroatoms. The molecule has 1 aromatic carbocycles. The van der Waals surface area contributed by atoms with E-state index in [0.29, 0.717) is 43.9 Å². The third kappa shape index (κ3) is 5.93. The summed E-state index contributed by atoms with van der Waals surface area (Å²) in [6.45, 7) is 2.38. The highest BCUT2D eigenvalue weighted by molar-refractivity contribution is 7.88. The van der Waals surface area contributed by atoms with Gasteiger partial charge in [0.15, 0.2) is 0 Å². The molecule has 1 atom stereocenters. The van der Waals surface area contributed by atoms with E-state index in [4.69, 9.17) is 9.47 Å². The van der Waals surface area contributed by atoms with E-state index in [1.165, 1.54) is 10.6 Å². The van der Waals surface area contributed by atoms with Crippen LogP contribution in [-0.2, 0) is 14.8 Å². The summed E-state index contributed by atoms with van der Waals surface area (Å²) in [7, 11) is -1.46. The summed E-state index contributed by atoms with van der Waals surface area (Å²) in [5.41, 5.74) is 0.639. The number of likely N-dealkylation sites (tertiary alicyclic amines) is 1. The van der Waals surface area contributed by atoms with Crippen LogP contribution in [0.2, 0.25) is 0 Å². The quantitative estimate of drug-likeness (QED) is 0.672. The van der Waals surface area contributed by atoms with Gasteiger partial charge in [-0.25, -0.2) is 12.7 Å². The Balaban J connectivity index is 1.62. The van der Waals surface area contributed by atoms with Gasteiger partial charge < -0.3 is 14.4 Å². The van der Waals surface area contributed by atoms with Gasteiger partial charge in [0.1, 0.15) is 11.9 Å². The molecule has 0 unspecified atom stereocenters. The molecule has 2 heterocycles. The average Bonchev–Trinajstić information content (AvgIpc) is 2.72. The first kappa shape index (κ1) is 22.1. The summed E-state index contributed by atoms with van der Waals surface area (Å²) in [4.78, 5) is 15.1. The second-order valence-corrected chi connectivity index (χ2v) is 9.92. The highest BCUT2D eigenvalue weighted by Gasteiger charge is 2.28. The van der Waals surface area contributed by atoms with Crippen LogP contribution in [0.4, 0.5) is 0 Å². The van der Waals surface area contributed by atoms with Crippen molar-refractivity contribution in [2.24, 2.45) is 0 Å². The highest BCUT2D eigenvalue weighted by atomic mass is 32.2. The molecule has 2 fully saturated rings. The van der Waals surface area contributed by atoms with Gasteiger partial charge in [0, 0.05) is 45.0 Å². The van der Waals surface area contributed by atoms with Crippen LogP contribution in [0.1, 0.15) is 48.9 Å². The van der Waals surface area contributed by atoms with Crippen molar-refractivity contribution in [3.63, 3.8) is 0 Å². The topological polar surface area (TPSA) is 76.2 Å². The maximum atomic E-state index is 13.1. The van der Waals surface area contributed by atoms with Crippen LogP contribution in [-0.4, -0.2) is 75.3 Å². The number of hydrogen-bond acceptors (Lipinski definition) is 5. The van der Waals surface area contributed by atoms with Gasteiger partial charge in [0.2, 0.25) is 10.0 Å². The zero-order chi connectivity index (χ0) is 20.9. The third-order valence-corrected chi connectivity index (χ3v) is 7.10. The van der Waals surface area contributed by atoms with Gasteiger partial charge in [0.05, 0.1) is 6.26 Å². The molecule has 0 radical (unpaired) electrons. The Labute approximate surface area is 174 Å². The Morgan fingerprint density at radius 3 is 2.59 bits per heavy atom. The minimum absolute atomic E-state index is 0.0391. The molecule has 1 amide bonds. The molecular formula is C21H32N2O5S. The number of hydrogen-bond donors (Lipinski definition) is 0. The van der Waals surface area contributed by atoms with Crippen molar-refractivity contribution in [3.05, 3.63) is 29.8 Å². The number of amides is 1. The fourth-order valence-electron chi connectivity index (χ4n) is 4.16. The van der Waals surface area contributed by atoms with Crippen molar-refractivity contribution in [1.82, 2.24) is 9.21 Å². The van der Waals surface area contributed by atoms with Gasteiger partial charge in [-0.15, -0.1) is 0 Å². The van der Waals surface area contributed by atoms with Crippen molar-refractivity contribution in [3.8, 4) is 5.75 Å². The number of benzene rings is 1. The Kier molecular flexibility index (Phi) is 7.54. The fraction of sp³-hybridized carbons (Fsp3) is 0.667. The molecule has 7 nitrogen and oxygen atoms in total. The smallest absolute Gasteiger partial charge is 0.254 e. The largest absolute Gasteiger partial charge is 0.490 e. The summed E-state index contributed by atoms with van der Waals surface area (Å²) in [5, 5.41) is 0. The van der Waals surface area contributed by atoms with Crippen molar-refractivity contribution in [2.45, 2.75) is 50.7 Å². The van der Waals surface area contributed by atoms with Gasteiger partial charge in [-0.05, 0) is 56.7 Å². The Morgan fingerprint density at radius 1 is 1.14 bits per heavy atom. The first-order valence-electron chi connectivity index (χ1n) is 10.4. The molecule has 2 aliphatic heterocycles. The summed E-state index contributed by atoms with van der Waals surface area (Å²) in [5.74, 6) is 0.710. The van der Waals surface area contributed by atoms with Crippen LogP contribution >= 0.6 is 0 Å². The lowest BCUT2D eigenvalue weighted by atomic mass is 9.98. The summed E-state index contributed by atoms with van der Waals surface area (Å²) < 4.78 is 36.1. The van der Waals surface area contributed by atoms with E-state index in [1.54, 1.807) is 7.11 Å². The van der Waals surface area contributed by atoms with E-state index >= 15 is 0 Å². The lowest BCUT2D eigenvalue weighted by Crippen LogP contribution is -2.44. The molecule has 162 valence electrons. The van der Waals surface area contributed by atoms with Gasteiger partial charge >= 0.3 is 0 Å². The first-order valence-corrected chi connectivity index (χ1v) is 12.2. The lowest BCUT2D eigenvalue weighted by Gasteiger charge is -2.36. The number of piperidine rings is 2. The molecule has 0 aromatic heterocycles. The number of rotatable bonds is 7. The van der Waals surface area contributed by atoms with Gasteiger partial charge in [-0.3, -0.25) is 4.79 Å². The molecule has 0 saturated carbocycles. The fourth-order valence-corrected chi connectivity index (χ4v) is 5.04. The minimum atomic E-state index is -3.15. The van der Waals surface area contributed by atoms with E-state index in [0.717, 1.165) is 32.2 Å². The first-order chi connectivity index (χ1) is 13.9. The van der Waals surface area contributed by atoms with E-state index in [1.807, 2.05) is 29.2 Å². The Bertz CT molecular complexity index is 790. The normalized spacial score (nSPS) is 21.9. The number of carbonyl (C=O) groups is 1. The van der Waals surface area contributed by atoms with Crippen LogP contribution in [0.5, 0.6) is 5.75 Å². The number of methoxy groups -OCH3 is 1. The van der Waals surface area contributed by atoms with Crippen molar-refractivity contribution in [2.75, 3.05) is 39.6 Å². The van der Waals surface area contributed by atoms with E-state index < -0.39 is 10.0 Å². The maximum absolute atomic E-state index is 13.1. The minimum Gasteiger partial charge on any atom is -0.490 e. The predicted octanol–water partition coefficient (Wildman–Crippen LogP) is 2.52. The average molecular weight is 425 g/mol. The predicted molar refractivity (Wildman–Crippen MR) is 112 cm³/mol. The highest BCUT2D eigenvalue weighted by Crippen LogP contribution is 2.25. The maximum Gasteiger partial charge on any atom is 0.254 e. The van der Waals surface area contributed by atoms with Gasteiger partial charge in [0.25, 0.3) is 5.91 Å². The van der Waals surface area contributed by atoms with Gasteiger partial charge in [-0.2, -0.15) is 0 Å². The van der Waals surface area contributed by atoms with Crippen LogP contribution in [0.3, 0.4) is 0 Å². The third-order valence-electron chi connectivity index (χ3n) is 5.80. The van der Waals surface area contributed by atoms with Crippen molar-refractivity contribution >= 4 is 15.9 Å². The molecule has 0 N–H and O–H groups in total. The molecule has 0 bridgehead atoms. The molecule has 0 aliphatic carbocycles. The van der Waals surface area contributed by atoms with E-state index in [-0.39, 0.29) is 18.1 Å². The zero-order valence-electron chi connectivity index (χ0n) is 17.4. The number of ether oxygens (including phenoxy) is 2. The number of nitrogens with zero attached hydrogens (tertiary/aromatic N) is 2. The monoisotopic (exact) mass is 424 g/mol. The molecule has 0 spiro atoms. The van der Waals surface area contributed by atoms with E-state index in [2.05, 4.69) is 0 Å². The van der Waals surface area contributed by atoms with E-state index in [9.17, 15) is 13.2 Å². The summed E-state index contributed by atoms with van der Waals surface area (Å²) >= 11 is 0. The molecule has 29 heavy (non-hydrogen) atoms. The molecule has 2 aliphatic rings. The van der Waals surface area contributed by atoms with Crippen molar-refractivity contribution in [1.29, 1.82) is 0 Å². The van der Waals surface area contributed by atoms with Crippen LogP contribution < -0.4 is 4.74 Å². The Hall–Kier alpha value is -1.64. The standard InChI is InChI=1S/C21H32N2O5S/c1-27-15-11-18-7-3-4-12-23(18)21(24)17-6-5-8-20(16-17)28-19-9-13-22(14-10-19)29(2,25)26/h5-6,8,16,18-19H,3-4,7,9-15H2,1-2H3/t18-/m1/s1. The number of carbonyl (C=O) groups excluding carboxylic acids is 1. The summed E-state index contributed by atoms with van der Waals surface area (Å²) in [6.07, 6.45) is 6.55. The zero-order valence-corrected chi connectivity index (χ0v) is 18.2. The molecule has 1 aromatic rings.